The van der Waals surface area contributed by atoms with Crippen molar-refractivity contribution in [2.45, 2.75) is 38.8 Å². The predicted octanol–water partition coefficient (Wildman–Crippen LogP) is 3.02. The minimum Gasteiger partial charge on any atom is -0.378 e. The summed E-state index contributed by atoms with van der Waals surface area (Å²) >= 11 is 0. The van der Waals surface area contributed by atoms with E-state index in [1.807, 2.05) is 62.4 Å². The number of carbonyl (C=O) groups excluding carboxylic acids is 3. The third-order valence-corrected chi connectivity index (χ3v) is 6.48. The number of anilines is 2. The normalized spacial score (nSPS) is 21.7. The van der Waals surface area contributed by atoms with Crippen molar-refractivity contribution >= 4 is 29.2 Å². The maximum Gasteiger partial charge on any atom is 0.326 e. The smallest absolute Gasteiger partial charge is 0.326 e. The molecule has 0 spiro atoms. The number of amides is 4. The molecule has 4 amide bonds. The van der Waals surface area contributed by atoms with Crippen molar-refractivity contribution in [2.75, 3.05) is 36.5 Å². The molecule has 0 radical (unpaired) electrons. The van der Waals surface area contributed by atoms with Gasteiger partial charge in [0.25, 0.3) is 5.91 Å². The summed E-state index contributed by atoms with van der Waals surface area (Å²) in [6.45, 7) is 8.43. The summed E-state index contributed by atoms with van der Waals surface area (Å²) in [4.78, 5) is 42.4. The number of aryl methyl sites for hydroxylation is 1. The van der Waals surface area contributed by atoms with E-state index >= 15 is 0 Å². The van der Waals surface area contributed by atoms with Crippen molar-refractivity contribution in [1.29, 1.82) is 0 Å². The first-order chi connectivity index (χ1) is 15.9. The molecule has 2 saturated heterocycles. The topological polar surface area (TPSA) is 91.0 Å². The first-order valence-electron chi connectivity index (χ1n) is 11.3. The molecule has 2 N–H and O–H groups in total. The number of urea groups is 1. The first kappa shape index (κ1) is 22.8. The van der Waals surface area contributed by atoms with Crippen LogP contribution >= 0.6 is 0 Å². The second kappa shape index (κ2) is 9.23. The Morgan fingerprint density at radius 2 is 1.73 bits per heavy atom. The Morgan fingerprint density at radius 3 is 2.33 bits per heavy atom. The minimum absolute atomic E-state index is 0.383. The van der Waals surface area contributed by atoms with Crippen molar-refractivity contribution in [3.63, 3.8) is 0 Å². The summed E-state index contributed by atoms with van der Waals surface area (Å²) in [5.74, 6) is -0.836. The van der Waals surface area contributed by atoms with Crippen LogP contribution in [0.25, 0.3) is 0 Å². The molecule has 2 atom stereocenters. The van der Waals surface area contributed by atoms with E-state index in [0.717, 1.165) is 29.2 Å². The number of morpholine rings is 1. The number of nitrogens with one attached hydrogen (secondary N) is 2. The van der Waals surface area contributed by atoms with Gasteiger partial charge in [-0.1, -0.05) is 36.8 Å². The third kappa shape index (κ3) is 4.30. The molecule has 0 aliphatic carbocycles. The molecule has 2 heterocycles. The van der Waals surface area contributed by atoms with Gasteiger partial charge in [-0.2, -0.15) is 0 Å². The molecule has 4 rings (SSSR count). The van der Waals surface area contributed by atoms with Crippen LogP contribution in [0.1, 0.15) is 31.4 Å². The van der Waals surface area contributed by atoms with Gasteiger partial charge in [-0.3, -0.25) is 9.59 Å². The zero-order valence-electron chi connectivity index (χ0n) is 19.3. The fraction of sp³-hybridized carbons (Fsp3) is 0.400. The SMILES string of the molecule is CC[C@@]1(c2ccc(C)cc2)NC(=O)N([C@@H](C)C(=O)Nc2ccc(N3CCOCC3)cc2)C1=O. The summed E-state index contributed by atoms with van der Waals surface area (Å²) in [7, 11) is 0. The Balaban J connectivity index is 1.47. The molecule has 0 bridgehead atoms. The predicted molar refractivity (Wildman–Crippen MR) is 126 cm³/mol. The quantitative estimate of drug-likeness (QED) is 0.661. The Morgan fingerprint density at radius 1 is 1.09 bits per heavy atom. The van der Waals surface area contributed by atoms with E-state index in [-0.39, 0.29) is 0 Å². The summed E-state index contributed by atoms with van der Waals surface area (Å²) in [5, 5.41) is 5.66. The molecule has 2 aliphatic heterocycles. The highest BCUT2D eigenvalue weighted by Gasteiger charge is 2.53. The minimum atomic E-state index is -1.17. The maximum atomic E-state index is 13.4. The van der Waals surface area contributed by atoms with Crippen LogP contribution < -0.4 is 15.5 Å². The van der Waals surface area contributed by atoms with Crippen molar-refractivity contribution in [1.82, 2.24) is 10.2 Å². The summed E-state index contributed by atoms with van der Waals surface area (Å²) in [5.41, 5.74) is 2.27. The van der Waals surface area contributed by atoms with Gasteiger partial charge >= 0.3 is 6.03 Å². The number of benzene rings is 2. The fourth-order valence-electron chi connectivity index (χ4n) is 4.36. The van der Waals surface area contributed by atoms with Gasteiger partial charge in [0.05, 0.1) is 13.2 Å². The van der Waals surface area contributed by atoms with Gasteiger partial charge in [-0.25, -0.2) is 9.69 Å². The average molecular weight is 451 g/mol. The lowest BCUT2D eigenvalue weighted by Crippen LogP contribution is -2.47. The van der Waals surface area contributed by atoms with Crippen LogP contribution in [0.3, 0.4) is 0 Å². The average Bonchev–Trinajstić information content (AvgIpc) is 3.10. The number of hydrogen-bond donors (Lipinski definition) is 2. The molecule has 0 aromatic heterocycles. The van der Waals surface area contributed by atoms with Crippen LogP contribution in [0, 0.1) is 6.92 Å². The summed E-state index contributed by atoms with van der Waals surface area (Å²) < 4.78 is 5.38. The standard InChI is InChI=1S/C25H30N4O4/c1-4-25(19-7-5-17(2)6-8-19)23(31)29(24(32)27-25)18(3)22(30)26-20-9-11-21(12-10-20)28-13-15-33-16-14-28/h5-12,18H,4,13-16H2,1-3H3,(H,26,30)(H,27,32)/t18-,25-/m0/s1. The van der Waals surface area contributed by atoms with Crippen LogP contribution in [0.4, 0.5) is 16.2 Å². The zero-order valence-corrected chi connectivity index (χ0v) is 19.3. The van der Waals surface area contributed by atoms with Gasteiger partial charge < -0.3 is 20.3 Å². The van der Waals surface area contributed by atoms with Crippen LogP contribution in [-0.4, -0.2) is 55.1 Å². The molecule has 0 saturated carbocycles. The van der Waals surface area contributed by atoms with E-state index in [2.05, 4.69) is 15.5 Å². The van der Waals surface area contributed by atoms with Crippen LogP contribution in [0.2, 0.25) is 0 Å². The number of nitrogens with zero attached hydrogens (tertiary/aromatic N) is 2. The highest BCUT2D eigenvalue weighted by molar-refractivity contribution is 6.11. The number of carbonyl (C=O) groups is 3. The number of hydrogen-bond acceptors (Lipinski definition) is 5. The van der Waals surface area contributed by atoms with E-state index < -0.39 is 29.4 Å². The summed E-state index contributed by atoms with van der Waals surface area (Å²) in [6, 6.07) is 13.5. The molecule has 174 valence electrons. The maximum absolute atomic E-state index is 13.4. The van der Waals surface area contributed by atoms with E-state index in [1.54, 1.807) is 6.92 Å². The zero-order chi connectivity index (χ0) is 23.6. The van der Waals surface area contributed by atoms with Gasteiger partial charge in [0.1, 0.15) is 11.6 Å². The highest BCUT2D eigenvalue weighted by atomic mass is 16.5. The second-order valence-corrected chi connectivity index (χ2v) is 8.54. The lowest BCUT2D eigenvalue weighted by Gasteiger charge is -2.29. The van der Waals surface area contributed by atoms with Gasteiger partial charge in [0.15, 0.2) is 0 Å². The fourth-order valence-corrected chi connectivity index (χ4v) is 4.36. The van der Waals surface area contributed by atoms with E-state index in [0.29, 0.717) is 30.9 Å². The molecule has 2 aromatic carbocycles. The molecule has 8 heteroatoms. The van der Waals surface area contributed by atoms with Gasteiger partial charge in [-0.05, 0) is 50.1 Å². The number of rotatable bonds is 6. The van der Waals surface area contributed by atoms with Gasteiger partial charge in [-0.15, -0.1) is 0 Å². The lowest BCUT2D eigenvalue weighted by molar-refractivity contribution is -0.136. The van der Waals surface area contributed by atoms with Crippen molar-refractivity contribution in [3.8, 4) is 0 Å². The van der Waals surface area contributed by atoms with E-state index in [9.17, 15) is 14.4 Å². The van der Waals surface area contributed by atoms with Crippen molar-refractivity contribution < 1.29 is 19.1 Å². The van der Waals surface area contributed by atoms with Crippen LogP contribution in [0.5, 0.6) is 0 Å². The molecule has 2 aromatic rings. The summed E-state index contributed by atoms with van der Waals surface area (Å²) in [6.07, 6.45) is 0.383. The Bertz CT molecular complexity index is 1030. The third-order valence-electron chi connectivity index (χ3n) is 6.48. The Hall–Kier alpha value is -3.39. The lowest BCUT2D eigenvalue weighted by atomic mass is 9.86. The molecule has 0 unspecified atom stereocenters. The molecule has 33 heavy (non-hydrogen) atoms. The van der Waals surface area contributed by atoms with Crippen molar-refractivity contribution in [2.24, 2.45) is 0 Å². The second-order valence-electron chi connectivity index (χ2n) is 8.54. The highest BCUT2D eigenvalue weighted by Crippen LogP contribution is 2.33. The molecular weight excluding hydrogens is 420 g/mol. The van der Waals surface area contributed by atoms with Gasteiger partial charge in [0, 0.05) is 24.5 Å². The number of ether oxygens (including phenoxy) is 1. The molecule has 2 fully saturated rings. The van der Waals surface area contributed by atoms with E-state index in [1.165, 1.54) is 0 Å². The largest absolute Gasteiger partial charge is 0.378 e. The monoisotopic (exact) mass is 450 g/mol. The Kier molecular flexibility index (Phi) is 6.37. The molecule has 8 nitrogen and oxygen atoms in total. The van der Waals surface area contributed by atoms with Crippen LogP contribution in [0.15, 0.2) is 48.5 Å². The molecule has 2 aliphatic rings. The number of imide groups is 1. The van der Waals surface area contributed by atoms with Gasteiger partial charge in [0.2, 0.25) is 5.91 Å². The first-order valence-corrected chi connectivity index (χ1v) is 11.3. The van der Waals surface area contributed by atoms with Crippen molar-refractivity contribution in [3.05, 3.63) is 59.7 Å². The van der Waals surface area contributed by atoms with Crippen LogP contribution in [-0.2, 0) is 19.9 Å². The van der Waals surface area contributed by atoms with E-state index in [4.69, 9.17) is 4.74 Å². The molecular formula is C25H30N4O4. The Labute approximate surface area is 193 Å².